The molecule has 16 heavy (non-hydrogen) atoms. The second-order valence-corrected chi connectivity index (χ2v) is 4.19. The van der Waals surface area contributed by atoms with Crippen LogP contribution in [-0.2, 0) is 0 Å². The van der Waals surface area contributed by atoms with Crippen molar-refractivity contribution in [3.05, 3.63) is 30.6 Å². The minimum atomic E-state index is 0.426. The second-order valence-electron chi connectivity index (χ2n) is 3.88. The van der Waals surface area contributed by atoms with Crippen LogP contribution >= 0.6 is 11.6 Å². The van der Waals surface area contributed by atoms with Crippen molar-refractivity contribution in [2.75, 3.05) is 17.7 Å². The van der Waals surface area contributed by atoms with Crippen LogP contribution < -0.4 is 5.32 Å². The van der Waals surface area contributed by atoms with Gasteiger partial charge in [-0.3, -0.25) is 0 Å². The van der Waals surface area contributed by atoms with Gasteiger partial charge in [-0.1, -0.05) is 19.1 Å². The molecule has 1 aromatic carbocycles. The standard InChI is InChI=1S/C12H14ClN3/c1-9(6-13)7-14-12-10-4-2-3-5-11(10)15-8-16-12/h2-5,8-9H,6-7H2,1H3,(H,14,15,16). The quantitative estimate of drug-likeness (QED) is 0.829. The van der Waals surface area contributed by atoms with Gasteiger partial charge >= 0.3 is 0 Å². The fourth-order valence-electron chi connectivity index (χ4n) is 1.47. The van der Waals surface area contributed by atoms with Crippen LogP contribution in [0.5, 0.6) is 0 Å². The van der Waals surface area contributed by atoms with Crippen molar-refractivity contribution >= 4 is 28.3 Å². The van der Waals surface area contributed by atoms with Crippen LogP contribution in [0.2, 0.25) is 0 Å². The number of fused-ring (bicyclic) bond motifs is 1. The third kappa shape index (κ3) is 2.42. The first kappa shape index (κ1) is 11.1. The molecule has 1 atom stereocenters. The van der Waals surface area contributed by atoms with Crippen molar-refractivity contribution in [3.8, 4) is 0 Å². The summed E-state index contributed by atoms with van der Waals surface area (Å²) in [5, 5.41) is 4.35. The number of halogens is 1. The van der Waals surface area contributed by atoms with Crippen molar-refractivity contribution in [1.29, 1.82) is 0 Å². The number of aromatic nitrogens is 2. The van der Waals surface area contributed by atoms with E-state index in [1.807, 2.05) is 24.3 Å². The largest absolute Gasteiger partial charge is 0.369 e. The van der Waals surface area contributed by atoms with Gasteiger partial charge in [0, 0.05) is 17.8 Å². The van der Waals surface area contributed by atoms with Gasteiger partial charge in [0.1, 0.15) is 12.1 Å². The van der Waals surface area contributed by atoms with Crippen molar-refractivity contribution in [1.82, 2.24) is 9.97 Å². The summed E-state index contributed by atoms with van der Waals surface area (Å²) in [5.74, 6) is 1.95. The minimum absolute atomic E-state index is 0.426. The predicted octanol–water partition coefficient (Wildman–Crippen LogP) is 2.92. The molecular formula is C12H14ClN3. The molecule has 4 heteroatoms. The van der Waals surface area contributed by atoms with Crippen LogP contribution in [0.3, 0.4) is 0 Å². The zero-order valence-corrected chi connectivity index (χ0v) is 9.91. The van der Waals surface area contributed by atoms with Gasteiger partial charge in [0.05, 0.1) is 5.52 Å². The summed E-state index contributed by atoms with van der Waals surface area (Å²) >= 11 is 5.76. The average molecular weight is 236 g/mol. The smallest absolute Gasteiger partial charge is 0.137 e. The molecule has 0 aliphatic heterocycles. The van der Waals surface area contributed by atoms with E-state index in [-0.39, 0.29) is 0 Å². The van der Waals surface area contributed by atoms with Crippen LogP contribution in [0.15, 0.2) is 30.6 Å². The van der Waals surface area contributed by atoms with Gasteiger partial charge in [-0.25, -0.2) is 9.97 Å². The van der Waals surface area contributed by atoms with Crippen LogP contribution in [0, 0.1) is 5.92 Å². The molecule has 0 aliphatic rings. The van der Waals surface area contributed by atoms with E-state index in [0.717, 1.165) is 23.3 Å². The topological polar surface area (TPSA) is 37.8 Å². The molecule has 3 nitrogen and oxygen atoms in total. The molecule has 1 aromatic heterocycles. The van der Waals surface area contributed by atoms with Crippen LogP contribution in [0.1, 0.15) is 6.92 Å². The Kier molecular flexibility index (Phi) is 3.57. The highest BCUT2D eigenvalue weighted by Crippen LogP contribution is 2.18. The first-order chi connectivity index (χ1) is 7.81. The Bertz CT molecular complexity index is 467. The van der Waals surface area contributed by atoms with Crippen molar-refractivity contribution in [2.45, 2.75) is 6.92 Å². The summed E-state index contributed by atoms with van der Waals surface area (Å²) in [6.07, 6.45) is 1.58. The Morgan fingerprint density at radius 2 is 2.12 bits per heavy atom. The Hall–Kier alpha value is -1.35. The lowest BCUT2D eigenvalue weighted by atomic mass is 10.2. The molecule has 0 fully saturated rings. The summed E-state index contributed by atoms with van der Waals surface area (Å²) in [6, 6.07) is 7.96. The van der Waals surface area contributed by atoms with E-state index >= 15 is 0 Å². The predicted molar refractivity (Wildman–Crippen MR) is 67.9 cm³/mol. The lowest BCUT2D eigenvalue weighted by Crippen LogP contribution is -2.13. The van der Waals surface area contributed by atoms with Crippen LogP contribution in [0.25, 0.3) is 10.9 Å². The molecule has 0 radical (unpaired) electrons. The van der Waals surface area contributed by atoms with Crippen molar-refractivity contribution < 1.29 is 0 Å². The van der Waals surface area contributed by atoms with E-state index in [1.54, 1.807) is 6.33 Å². The van der Waals surface area contributed by atoms with Gasteiger partial charge in [-0.05, 0) is 18.1 Å². The maximum absolute atomic E-state index is 5.76. The van der Waals surface area contributed by atoms with E-state index in [9.17, 15) is 0 Å². The van der Waals surface area contributed by atoms with Gasteiger partial charge < -0.3 is 5.32 Å². The number of benzene rings is 1. The van der Waals surface area contributed by atoms with Gasteiger partial charge in [0.2, 0.25) is 0 Å². The van der Waals surface area contributed by atoms with E-state index in [1.165, 1.54) is 0 Å². The fourth-order valence-corrected chi connectivity index (χ4v) is 1.58. The molecule has 2 aromatic rings. The molecule has 0 spiro atoms. The lowest BCUT2D eigenvalue weighted by Gasteiger charge is -2.11. The molecule has 1 N–H and O–H groups in total. The first-order valence-corrected chi connectivity index (χ1v) is 5.84. The molecular weight excluding hydrogens is 222 g/mol. The van der Waals surface area contributed by atoms with Crippen LogP contribution in [-0.4, -0.2) is 22.4 Å². The summed E-state index contributed by atoms with van der Waals surface area (Å²) < 4.78 is 0. The molecule has 84 valence electrons. The highest BCUT2D eigenvalue weighted by atomic mass is 35.5. The first-order valence-electron chi connectivity index (χ1n) is 5.31. The summed E-state index contributed by atoms with van der Waals surface area (Å²) in [6.45, 7) is 2.92. The van der Waals surface area contributed by atoms with Gasteiger partial charge in [-0.15, -0.1) is 11.6 Å². The van der Waals surface area contributed by atoms with Crippen molar-refractivity contribution in [2.24, 2.45) is 5.92 Å². The molecule has 0 saturated heterocycles. The van der Waals surface area contributed by atoms with Gasteiger partial charge in [0.25, 0.3) is 0 Å². The van der Waals surface area contributed by atoms with Gasteiger partial charge in [-0.2, -0.15) is 0 Å². The molecule has 2 rings (SSSR count). The number of alkyl halides is 1. The lowest BCUT2D eigenvalue weighted by molar-refractivity contribution is 0.695. The number of nitrogens with zero attached hydrogens (tertiary/aromatic N) is 2. The monoisotopic (exact) mass is 235 g/mol. The number of rotatable bonds is 4. The SMILES string of the molecule is CC(CCl)CNc1ncnc2ccccc12. The summed E-state index contributed by atoms with van der Waals surface area (Å²) in [5.41, 5.74) is 0.957. The Balaban J connectivity index is 2.23. The zero-order chi connectivity index (χ0) is 11.4. The molecule has 1 heterocycles. The highest BCUT2D eigenvalue weighted by Gasteiger charge is 2.04. The Morgan fingerprint density at radius 1 is 1.31 bits per heavy atom. The van der Waals surface area contributed by atoms with Crippen molar-refractivity contribution in [3.63, 3.8) is 0 Å². The van der Waals surface area contributed by atoms with E-state index in [2.05, 4.69) is 22.2 Å². The van der Waals surface area contributed by atoms with E-state index < -0.39 is 0 Å². The molecule has 0 aliphatic carbocycles. The zero-order valence-electron chi connectivity index (χ0n) is 9.15. The van der Waals surface area contributed by atoms with Crippen LogP contribution in [0.4, 0.5) is 5.82 Å². The molecule has 0 bridgehead atoms. The number of para-hydroxylation sites is 1. The minimum Gasteiger partial charge on any atom is -0.369 e. The second kappa shape index (κ2) is 5.12. The number of hydrogen-bond acceptors (Lipinski definition) is 3. The third-order valence-corrected chi connectivity index (χ3v) is 2.95. The van der Waals surface area contributed by atoms with Gasteiger partial charge in [0.15, 0.2) is 0 Å². The Labute approximate surface area is 99.9 Å². The van der Waals surface area contributed by atoms with E-state index in [0.29, 0.717) is 11.8 Å². The number of nitrogens with one attached hydrogen (secondary N) is 1. The molecule has 1 unspecified atom stereocenters. The average Bonchev–Trinajstić information content (AvgIpc) is 2.35. The van der Waals surface area contributed by atoms with E-state index in [4.69, 9.17) is 11.6 Å². The maximum Gasteiger partial charge on any atom is 0.137 e. The fraction of sp³-hybridized carbons (Fsp3) is 0.333. The number of anilines is 1. The highest BCUT2D eigenvalue weighted by molar-refractivity contribution is 6.18. The summed E-state index contributed by atoms with van der Waals surface area (Å²) in [7, 11) is 0. The molecule has 0 amide bonds. The summed E-state index contributed by atoms with van der Waals surface area (Å²) in [4.78, 5) is 8.46. The number of hydrogen-bond donors (Lipinski definition) is 1. The molecule has 0 saturated carbocycles. The maximum atomic E-state index is 5.76. The Morgan fingerprint density at radius 3 is 2.94 bits per heavy atom. The normalized spacial score (nSPS) is 12.6. The third-order valence-electron chi connectivity index (χ3n) is 2.42.